The number of thiazole rings is 1. The van der Waals surface area contributed by atoms with E-state index in [0.29, 0.717) is 26.8 Å². The Morgan fingerprint density at radius 1 is 1.07 bits per heavy atom. The summed E-state index contributed by atoms with van der Waals surface area (Å²) in [6.07, 6.45) is -0.198. The second-order valence-electron chi connectivity index (χ2n) is 6.43. The molecule has 0 saturated heterocycles. The van der Waals surface area contributed by atoms with E-state index in [1.807, 2.05) is 0 Å². The molecule has 0 saturated carbocycles. The highest BCUT2D eigenvalue weighted by Gasteiger charge is 2.17. The zero-order chi connectivity index (χ0) is 20.3. The van der Waals surface area contributed by atoms with Gasteiger partial charge in [0.05, 0.1) is 17.4 Å². The maximum Gasteiger partial charge on any atom is 0.338 e. The maximum atomic E-state index is 13.1. The number of esters is 1. The molecule has 1 N–H and O–H groups in total. The molecule has 144 valence electrons. The van der Waals surface area contributed by atoms with Crippen LogP contribution in [-0.2, 0) is 4.74 Å². The molecule has 0 fully saturated rings. The summed E-state index contributed by atoms with van der Waals surface area (Å²) < 4.78 is 18.2. The number of aryl methyl sites for hydroxylation is 1. The Balaban J connectivity index is 1.73. The lowest BCUT2D eigenvalue weighted by atomic mass is 10.2. The second-order valence-corrected chi connectivity index (χ2v) is 7.43. The normalized spacial score (nSPS) is 10.8. The number of halogens is 1. The third-order valence-corrected chi connectivity index (χ3v) is 5.02. The van der Waals surface area contributed by atoms with Gasteiger partial charge in [0.15, 0.2) is 0 Å². The summed E-state index contributed by atoms with van der Waals surface area (Å²) in [5.74, 6) is -1.02. The lowest BCUT2D eigenvalue weighted by Crippen LogP contribution is -2.13. The number of hydrogen-bond donors (Lipinski definition) is 1. The molecule has 0 aliphatic rings. The maximum absolute atomic E-state index is 13.1. The number of rotatable bonds is 5. The van der Waals surface area contributed by atoms with E-state index in [0.717, 1.165) is 5.56 Å². The van der Waals surface area contributed by atoms with Crippen molar-refractivity contribution in [1.82, 2.24) is 4.98 Å². The number of nitrogens with zero attached hydrogens (tertiary/aromatic N) is 1. The highest BCUT2D eigenvalue weighted by molar-refractivity contribution is 7.17. The summed E-state index contributed by atoms with van der Waals surface area (Å²) in [7, 11) is 0. The fourth-order valence-corrected chi connectivity index (χ4v) is 3.45. The molecule has 3 rings (SSSR count). The van der Waals surface area contributed by atoms with Crippen molar-refractivity contribution in [3.63, 3.8) is 0 Å². The van der Waals surface area contributed by atoms with Gasteiger partial charge in [-0.3, -0.25) is 4.79 Å². The molecule has 0 spiro atoms. The molecule has 0 bridgehead atoms. The Kier molecular flexibility index (Phi) is 5.84. The van der Waals surface area contributed by atoms with Crippen LogP contribution in [0.4, 0.5) is 10.1 Å². The molecule has 1 amide bonds. The number of anilines is 1. The molecule has 0 atom stereocenters. The largest absolute Gasteiger partial charge is 0.459 e. The first-order chi connectivity index (χ1) is 13.3. The van der Waals surface area contributed by atoms with Crippen LogP contribution in [0.15, 0.2) is 48.5 Å². The Hall–Kier alpha value is -3.06. The van der Waals surface area contributed by atoms with Gasteiger partial charge >= 0.3 is 5.97 Å². The molecular formula is C21H19FN2O3S. The van der Waals surface area contributed by atoms with Crippen LogP contribution in [0.5, 0.6) is 0 Å². The SMILES string of the molecule is Cc1nc(-c2ccc(F)cc2)sc1C(=O)Nc1ccc(C(=O)OC(C)C)cc1. The molecule has 28 heavy (non-hydrogen) atoms. The summed E-state index contributed by atoms with van der Waals surface area (Å²) in [6.45, 7) is 5.32. The Bertz CT molecular complexity index is 995. The van der Waals surface area contributed by atoms with E-state index in [9.17, 15) is 14.0 Å². The summed E-state index contributed by atoms with van der Waals surface area (Å²) in [6, 6.07) is 12.5. The summed E-state index contributed by atoms with van der Waals surface area (Å²) >= 11 is 1.24. The van der Waals surface area contributed by atoms with Gasteiger partial charge in [0.2, 0.25) is 0 Å². The summed E-state index contributed by atoms with van der Waals surface area (Å²) in [5, 5.41) is 3.45. The minimum Gasteiger partial charge on any atom is -0.459 e. The molecule has 0 radical (unpaired) electrons. The fourth-order valence-electron chi connectivity index (χ4n) is 2.48. The topological polar surface area (TPSA) is 68.3 Å². The highest BCUT2D eigenvalue weighted by Crippen LogP contribution is 2.28. The average Bonchev–Trinajstić information content (AvgIpc) is 3.04. The van der Waals surface area contributed by atoms with Crippen LogP contribution < -0.4 is 5.32 Å². The number of hydrogen-bond acceptors (Lipinski definition) is 5. The van der Waals surface area contributed by atoms with Crippen molar-refractivity contribution in [3.8, 4) is 10.6 Å². The third-order valence-electron chi connectivity index (χ3n) is 3.82. The van der Waals surface area contributed by atoms with Crippen LogP contribution >= 0.6 is 11.3 Å². The number of nitrogens with one attached hydrogen (secondary N) is 1. The Morgan fingerprint density at radius 2 is 1.71 bits per heavy atom. The van der Waals surface area contributed by atoms with Crippen molar-refractivity contribution >= 4 is 28.9 Å². The molecule has 0 unspecified atom stereocenters. The van der Waals surface area contributed by atoms with Crippen molar-refractivity contribution in [2.24, 2.45) is 0 Å². The van der Waals surface area contributed by atoms with Crippen LogP contribution in [-0.4, -0.2) is 23.0 Å². The van der Waals surface area contributed by atoms with E-state index in [1.54, 1.807) is 57.2 Å². The van der Waals surface area contributed by atoms with Gasteiger partial charge in [-0.2, -0.15) is 0 Å². The molecule has 7 heteroatoms. The Labute approximate surface area is 166 Å². The van der Waals surface area contributed by atoms with Gasteiger partial charge in [-0.05, 0) is 69.3 Å². The quantitative estimate of drug-likeness (QED) is 0.609. The number of benzene rings is 2. The molecule has 1 heterocycles. The second kappa shape index (κ2) is 8.31. The van der Waals surface area contributed by atoms with Crippen LogP contribution in [0.1, 0.15) is 39.6 Å². The molecule has 5 nitrogen and oxygen atoms in total. The van der Waals surface area contributed by atoms with Gasteiger partial charge in [-0.25, -0.2) is 14.2 Å². The van der Waals surface area contributed by atoms with E-state index in [2.05, 4.69) is 10.3 Å². The first-order valence-corrected chi connectivity index (χ1v) is 9.51. The lowest BCUT2D eigenvalue weighted by Gasteiger charge is -2.08. The van der Waals surface area contributed by atoms with Gasteiger partial charge < -0.3 is 10.1 Å². The third kappa shape index (κ3) is 4.61. The van der Waals surface area contributed by atoms with Gasteiger partial charge in [-0.1, -0.05) is 0 Å². The van der Waals surface area contributed by atoms with E-state index in [-0.39, 0.29) is 17.8 Å². The highest BCUT2D eigenvalue weighted by atomic mass is 32.1. The minimum atomic E-state index is -0.407. The smallest absolute Gasteiger partial charge is 0.338 e. The number of ether oxygens (including phenoxy) is 1. The summed E-state index contributed by atoms with van der Waals surface area (Å²) in [4.78, 5) is 29.4. The average molecular weight is 398 g/mol. The molecular weight excluding hydrogens is 379 g/mol. The first kappa shape index (κ1) is 19.7. The van der Waals surface area contributed by atoms with Crippen LogP contribution in [0.2, 0.25) is 0 Å². The van der Waals surface area contributed by atoms with Crippen molar-refractivity contribution in [2.45, 2.75) is 26.9 Å². The zero-order valence-corrected chi connectivity index (χ0v) is 16.5. The van der Waals surface area contributed by atoms with Crippen molar-refractivity contribution in [2.75, 3.05) is 5.32 Å². The van der Waals surface area contributed by atoms with Gasteiger partial charge in [0.25, 0.3) is 5.91 Å². The zero-order valence-electron chi connectivity index (χ0n) is 15.7. The van der Waals surface area contributed by atoms with Gasteiger partial charge in [0, 0.05) is 11.3 Å². The fraction of sp³-hybridized carbons (Fsp3) is 0.190. The van der Waals surface area contributed by atoms with Crippen molar-refractivity contribution in [3.05, 3.63) is 70.5 Å². The van der Waals surface area contributed by atoms with Gasteiger partial charge in [0.1, 0.15) is 15.7 Å². The minimum absolute atomic E-state index is 0.198. The molecule has 0 aliphatic heterocycles. The van der Waals surface area contributed by atoms with Gasteiger partial charge in [-0.15, -0.1) is 11.3 Å². The molecule has 1 aromatic heterocycles. The molecule has 3 aromatic rings. The van der Waals surface area contributed by atoms with Crippen molar-refractivity contribution < 1.29 is 18.7 Å². The molecule has 0 aliphatic carbocycles. The first-order valence-electron chi connectivity index (χ1n) is 8.69. The van der Waals surface area contributed by atoms with E-state index < -0.39 is 5.97 Å². The summed E-state index contributed by atoms with van der Waals surface area (Å²) in [5.41, 5.74) is 2.32. The predicted molar refractivity (Wildman–Crippen MR) is 107 cm³/mol. The number of carbonyl (C=O) groups is 2. The number of aromatic nitrogens is 1. The standard InChI is InChI=1S/C21H19FN2O3S/c1-12(2)27-21(26)15-6-10-17(11-7-15)24-19(25)18-13(3)23-20(28-18)14-4-8-16(22)9-5-14/h4-12H,1-3H3,(H,24,25). The number of amides is 1. The lowest BCUT2D eigenvalue weighted by molar-refractivity contribution is 0.0378. The van der Waals surface area contributed by atoms with E-state index in [1.165, 1.54) is 23.5 Å². The number of carbonyl (C=O) groups excluding carboxylic acids is 2. The molecule has 2 aromatic carbocycles. The van der Waals surface area contributed by atoms with E-state index >= 15 is 0 Å². The van der Waals surface area contributed by atoms with Crippen LogP contribution in [0, 0.1) is 12.7 Å². The van der Waals surface area contributed by atoms with Crippen LogP contribution in [0.3, 0.4) is 0 Å². The van der Waals surface area contributed by atoms with Crippen LogP contribution in [0.25, 0.3) is 10.6 Å². The van der Waals surface area contributed by atoms with E-state index in [4.69, 9.17) is 4.74 Å². The monoisotopic (exact) mass is 398 g/mol. The Morgan fingerprint density at radius 3 is 2.32 bits per heavy atom. The predicted octanol–water partition coefficient (Wildman–Crippen LogP) is 5.08. The van der Waals surface area contributed by atoms with Crippen molar-refractivity contribution in [1.29, 1.82) is 0 Å².